The molecule has 1 aromatic heterocycles. The Hall–Kier alpha value is -3.76. The van der Waals surface area contributed by atoms with E-state index in [2.05, 4.69) is 48.5 Å². The van der Waals surface area contributed by atoms with Crippen LogP contribution < -0.4 is 10.4 Å². The van der Waals surface area contributed by atoms with Crippen LogP contribution in [0.5, 0.6) is 5.75 Å². The van der Waals surface area contributed by atoms with E-state index in [9.17, 15) is 4.79 Å². The lowest BCUT2D eigenvalue weighted by atomic mass is 10.1. The molecule has 0 amide bonds. The van der Waals surface area contributed by atoms with Gasteiger partial charge in [-0.3, -0.25) is 0 Å². The molecule has 5 rings (SSSR count). The highest BCUT2D eigenvalue weighted by Gasteiger charge is 2.32. The molecule has 1 heterocycles. The minimum absolute atomic E-state index is 0.315. The fourth-order valence-corrected chi connectivity index (χ4v) is 6.01. The Morgan fingerprint density at radius 1 is 0.706 bits per heavy atom. The predicted molar refractivity (Wildman–Crippen MR) is 138 cm³/mol. The minimum atomic E-state index is -0.549. The summed E-state index contributed by atoms with van der Waals surface area (Å²) in [6, 6.07) is 38.3. The average molecular weight is 466 g/mol. The molecular weight excluding hydrogens is 440 g/mol. The molecule has 0 fully saturated rings. The van der Waals surface area contributed by atoms with Crippen LogP contribution in [0.2, 0.25) is 0 Å². The summed E-state index contributed by atoms with van der Waals surface area (Å²) < 4.78 is 11.7. The Morgan fingerprint density at radius 2 is 1.32 bits per heavy atom. The van der Waals surface area contributed by atoms with Gasteiger partial charge >= 0.3 is 5.63 Å². The van der Waals surface area contributed by atoms with Crippen molar-refractivity contribution in [2.45, 2.75) is 27.5 Å². The maximum atomic E-state index is 13.1. The Labute approximate surface area is 202 Å². The van der Waals surface area contributed by atoms with Crippen LogP contribution in [0.3, 0.4) is 0 Å². The van der Waals surface area contributed by atoms with Crippen LogP contribution in [-0.4, -0.2) is 6.61 Å². The van der Waals surface area contributed by atoms with Gasteiger partial charge in [0.2, 0.25) is 0 Å². The summed E-state index contributed by atoms with van der Waals surface area (Å²) in [4.78, 5) is 16.0. The summed E-state index contributed by atoms with van der Waals surface area (Å²) in [5.74, 6) is 0.710. The van der Waals surface area contributed by atoms with E-state index >= 15 is 0 Å². The van der Waals surface area contributed by atoms with Crippen molar-refractivity contribution in [3.63, 3.8) is 0 Å². The maximum Gasteiger partial charge on any atom is 0.393 e. The van der Waals surface area contributed by atoms with Crippen LogP contribution in [0.1, 0.15) is 12.0 Å². The van der Waals surface area contributed by atoms with E-state index in [1.807, 2.05) is 66.7 Å². The van der Waals surface area contributed by atoms with E-state index in [1.165, 1.54) is 5.56 Å². The number of ether oxygens (including phenoxy) is 1. The first-order valence-electron chi connectivity index (χ1n) is 11.4. The topological polar surface area (TPSA) is 39.4 Å². The smallest absolute Gasteiger partial charge is 0.393 e. The van der Waals surface area contributed by atoms with Crippen molar-refractivity contribution in [3.05, 3.63) is 131 Å². The van der Waals surface area contributed by atoms with Crippen molar-refractivity contribution in [3.8, 4) is 5.75 Å². The molecule has 0 saturated carbocycles. The minimum Gasteiger partial charge on any atom is -0.493 e. The summed E-state index contributed by atoms with van der Waals surface area (Å²) >= 11 is 0. The third-order valence-electron chi connectivity index (χ3n) is 5.57. The molecule has 3 nitrogen and oxygen atoms in total. The number of aryl methyl sites for hydroxylation is 1. The zero-order valence-electron chi connectivity index (χ0n) is 18.7. The zero-order valence-corrected chi connectivity index (χ0v) is 19.5. The first-order valence-corrected chi connectivity index (χ1v) is 12.6. The van der Waals surface area contributed by atoms with Crippen molar-refractivity contribution in [2.75, 3.05) is 6.61 Å². The molecular formula is C30H25O3S+. The van der Waals surface area contributed by atoms with E-state index in [-0.39, 0.29) is 5.63 Å². The van der Waals surface area contributed by atoms with Crippen LogP contribution in [0, 0.1) is 0 Å². The van der Waals surface area contributed by atoms with Gasteiger partial charge in [0, 0.05) is 17.5 Å². The second kappa shape index (κ2) is 10.4. The second-order valence-electron chi connectivity index (χ2n) is 7.97. The molecule has 0 saturated heterocycles. The van der Waals surface area contributed by atoms with Crippen molar-refractivity contribution in [2.24, 2.45) is 0 Å². The highest BCUT2D eigenvalue weighted by Crippen LogP contribution is 2.31. The monoisotopic (exact) mass is 465 g/mol. The normalized spacial score (nSPS) is 11.1. The molecule has 0 atom stereocenters. The van der Waals surface area contributed by atoms with Gasteiger partial charge in [-0.2, -0.15) is 0 Å². The van der Waals surface area contributed by atoms with E-state index in [4.69, 9.17) is 9.15 Å². The van der Waals surface area contributed by atoms with Gasteiger partial charge in [-0.15, -0.1) is 0 Å². The first kappa shape index (κ1) is 22.1. The van der Waals surface area contributed by atoms with Gasteiger partial charge in [-0.1, -0.05) is 66.7 Å². The van der Waals surface area contributed by atoms with Gasteiger partial charge in [0.05, 0.1) is 6.61 Å². The Kier molecular flexibility index (Phi) is 6.78. The number of rotatable bonds is 8. The third-order valence-corrected chi connectivity index (χ3v) is 7.79. The van der Waals surface area contributed by atoms with Crippen molar-refractivity contribution < 1.29 is 9.15 Å². The van der Waals surface area contributed by atoms with Gasteiger partial charge in [0.25, 0.3) is 4.90 Å². The molecule has 0 aliphatic heterocycles. The van der Waals surface area contributed by atoms with E-state index in [0.29, 0.717) is 22.8 Å². The molecule has 34 heavy (non-hydrogen) atoms. The van der Waals surface area contributed by atoms with Gasteiger partial charge in [-0.25, -0.2) is 4.79 Å². The maximum absolute atomic E-state index is 13.1. The fraction of sp³-hybridized carbons (Fsp3) is 0.100. The lowest BCUT2D eigenvalue weighted by Gasteiger charge is -2.09. The SMILES string of the molecule is O=c1oc2cc(OCCCc3ccccc3)ccc2cc1[S+](c1ccccc1)c1ccccc1. The average Bonchev–Trinajstić information content (AvgIpc) is 2.89. The molecule has 4 aromatic carbocycles. The lowest BCUT2D eigenvalue weighted by Crippen LogP contribution is -2.15. The van der Waals surface area contributed by atoms with Gasteiger partial charge in [-0.05, 0) is 54.8 Å². The summed E-state index contributed by atoms with van der Waals surface area (Å²) in [5.41, 5.74) is 1.53. The van der Waals surface area contributed by atoms with Crippen LogP contribution in [0.4, 0.5) is 0 Å². The number of hydrogen-bond donors (Lipinski definition) is 0. The van der Waals surface area contributed by atoms with Crippen molar-refractivity contribution in [1.29, 1.82) is 0 Å². The largest absolute Gasteiger partial charge is 0.493 e. The molecule has 0 unspecified atom stereocenters. The number of fused-ring (bicyclic) bond motifs is 1. The van der Waals surface area contributed by atoms with Gasteiger partial charge < -0.3 is 9.15 Å². The molecule has 168 valence electrons. The predicted octanol–water partition coefficient (Wildman–Crippen LogP) is 6.90. The highest BCUT2D eigenvalue weighted by atomic mass is 32.2. The van der Waals surface area contributed by atoms with E-state index in [0.717, 1.165) is 28.0 Å². The lowest BCUT2D eigenvalue weighted by molar-refractivity contribution is 0.311. The molecule has 0 aliphatic rings. The van der Waals surface area contributed by atoms with Crippen LogP contribution in [0.25, 0.3) is 11.0 Å². The number of benzene rings is 4. The zero-order chi connectivity index (χ0) is 23.2. The standard InChI is InChI=1S/C30H25O3S/c31-30-29(34(26-14-6-2-7-15-26)27-16-8-3-9-17-27)21-24-18-19-25(22-28(24)33-30)32-20-10-13-23-11-4-1-5-12-23/h1-9,11-12,14-19,21-22H,10,13,20H2/q+1. The van der Waals surface area contributed by atoms with Gasteiger partial charge in [0.15, 0.2) is 9.79 Å². The fourth-order valence-electron chi connectivity index (χ4n) is 3.92. The molecule has 5 aromatic rings. The Morgan fingerprint density at radius 3 is 1.97 bits per heavy atom. The van der Waals surface area contributed by atoms with E-state index in [1.54, 1.807) is 0 Å². The molecule has 0 bridgehead atoms. The quantitative estimate of drug-likeness (QED) is 0.142. The highest BCUT2D eigenvalue weighted by molar-refractivity contribution is 7.97. The Bertz CT molecular complexity index is 1370. The molecule has 0 N–H and O–H groups in total. The third kappa shape index (κ3) is 5.08. The Balaban J connectivity index is 1.39. The summed E-state index contributed by atoms with van der Waals surface area (Å²) in [7, 11) is -0.549. The van der Waals surface area contributed by atoms with Crippen molar-refractivity contribution >= 4 is 21.9 Å². The summed E-state index contributed by atoms with van der Waals surface area (Å²) in [6.45, 7) is 0.605. The second-order valence-corrected chi connectivity index (χ2v) is 9.96. The van der Waals surface area contributed by atoms with E-state index < -0.39 is 10.9 Å². The summed E-state index contributed by atoms with van der Waals surface area (Å²) in [6.07, 6.45) is 1.88. The molecule has 0 spiro atoms. The molecule has 0 radical (unpaired) electrons. The molecule has 0 aliphatic carbocycles. The first-order chi connectivity index (χ1) is 16.8. The summed E-state index contributed by atoms with van der Waals surface area (Å²) in [5, 5.41) is 0.885. The molecule has 4 heteroatoms. The van der Waals surface area contributed by atoms with Crippen LogP contribution in [0.15, 0.2) is 139 Å². The number of hydrogen-bond acceptors (Lipinski definition) is 3. The van der Waals surface area contributed by atoms with Gasteiger partial charge in [0.1, 0.15) is 22.2 Å². The van der Waals surface area contributed by atoms with Crippen LogP contribution in [-0.2, 0) is 17.3 Å². The van der Waals surface area contributed by atoms with Crippen molar-refractivity contribution in [1.82, 2.24) is 0 Å². The van der Waals surface area contributed by atoms with Crippen LogP contribution >= 0.6 is 0 Å².